The van der Waals surface area contributed by atoms with Crippen LogP contribution < -0.4 is 4.90 Å². The molecule has 3 aliphatic heterocycles. The van der Waals surface area contributed by atoms with E-state index in [0.29, 0.717) is 63.2 Å². The fraction of sp³-hybridized carbons (Fsp3) is 0.462. The van der Waals surface area contributed by atoms with Crippen molar-refractivity contribution in [3.8, 4) is 0 Å². The number of fused-ring (bicyclic) bond motifs is 1. The molecule has 8 nitrogen and oxygen atoms in total. The van der Waals surface area contributed by atoms with Gasteiger partial charge >= 0.3 is 0 Å². The molecule has 0 N–H and O–H groups in total. The molecule has 3 aliphatic rings. The monoisotopic (exact) mass is 494 g/mol. The third kappa shape index (κ3) is 4.22. The lowest BCUT2D eigenvalue weighted by Gasteiger charge is -2.39. The molecule has 1 atom stereocenters. The van der Waals surface area contributed by atoms with Gasteiger partial charge in [0.25, 0.3) is 11.8 Å². The van der Waals surface area contributed by atoms with E-state index in [9.17, 15) is 19.2 Å². The van der Waals surface area contributed by atoms with Gasteiger partial charge in [0.05, 0.1) is 22.9 Å². The summed E-state index contributed by atoms with van der Waals surface area (Å²) in [5, 5.41) is 1.95. The molecular weight excluding hydrogens is 464 g/mol. The first kappa shape index (κ1) is 23.5. The van der Waals surface area contributed by atoms with E-state index in [1.807, 2.05) is 41.5 Å². The Morgan fingerprint density at radius 1 is 0.914 bits per heavy atom. The van der Waals surface area contributed by atoms with Crippen molar-refractivity contribution >= 4 is 40.7 Å². The van der Waals surface area contributed by atoms with E-state index in [0.717, 1.165) is 10.6 Å². The predicted octanol–water partition coefficient (Wildman–Crippen LogP) is 3.01. The Balaban J connectivity index is 1.27. The van der Waals surface area contributed by atoms with Crippen molar-refractivity contribution in [2.75, 3.05) is 44.2 Å². The van der Waals surface area contributed by atoms with Crippen LogP contribution in [0.2, 0.25) is 0 Å². The molecule has 184 valence electrons. The maximum absolute atomic E-state index is 13.5. The average molecular weight is 495 g/mol. The summed E-state index contributed by atoms with van der Waals surface area (Å²) < 4.78 is 0. The summed E-state index contributed by atoms with van der Waals surface area (Å²) in [5.41, 5.74) is 1.71. The molecule has 2 aromatic rings. The second-order valence-corrected chi connectivity index (χ2v) is 10.4. The third-order valence-corrected chi connectivity index (χ3v) is 8.53. The van der Waals surface area contributed by atoms with Crippen LogP contribution in [0.3, 0.4) is 0 Å². The summed E-state index contributed by atoms with van der Waals surface area (Å²) in [5.74, 6) is -0.337. The van der Waals surface area contributed by atoms with Crippen LogP contribution in [0.4, 0.5) is 5.69 Å². The number of amides is 4. The second-order valence-electron chi connectivity index (χ2n) is 9.46. The van der Waals surface area contributed by atoms with Crippen molar-refractivity contribution < 1.29 is 19.2 Å². The summed E-state index contributed by atoms with van der Waals surface area (Å²) in [6, 6.07) is 9.03. The topological polar surface area (TPSA) is 81.2 Å². The standard InChI is InChI=1S/C26H30N4O4S/c1-17(22-7-4-16-35-22)30-25(33)20-5-3-6-21(23(20)26(30)34)28-10-8-19(9-11-28)24(32)29-14-12-27(13-15-29)18(2)31/h3-7,16-17,19H,8-15H2,1-2H3. The minimum atomic E-state index is -0.318. The van der Waals surface area contributed by atoms with Crippen LogP contribution in [-0.2, 0) is 9.59 Å². The van der Waals surface area contributed by atoms with Gasteiger partial charge in [-0.05, 0) is 43.3 Å². The van der Waals surface area contributed by atoms with E-state index < -0.39 is 0 Å². The second kappa shape index (κ2) is 9.45. The molecule has 0 radical (unpaired) electrons. The van der Waals surface area contributed by atoms with E-state index >= 15 is 0 Å². The van der Waals surface area contributed by atoms with E-state index in [2.05, 4.69) is 4.90 Å². The van der Waals surface area contributed by atoms with Crippen LogP contribution >= 0.6 is 11.3 Å². The van der Waals surface area contributed by atoms with Crippen LogP contribution in [0, 0.1) is 5.92 Å². The highest BCUT2D eigenvalue weighted by molar-refractivity contribution is 7.10. The Labute approximate surface area is 209 Å². The lowest BCUT2D eigenvalue weighted by atomic mass is 9.93. The van der Waals surface area contributed by atoms with Gasteiger partial charge in [-0.1, -0.05) is 12.1 Å². The summed E-state index contributed by atoms with van der Waals surface area (Å²) in [4.78, 5) is 59.4. The van der Waals surface area contributed by atoms with E-state index in [-0.39, 0.29) is 35.6 Å². The summed E-state index contributed by atoms with van der Waals surface area (Å²) in [6.45, 7) is 7.11. The van der Waals surface area contributed by atoms with Gasteiger partial charge in [-0.2, -0.15) is 0 Å². The van der Waals surface area contributed by atoms with Gasteiger partial charge in [0.2, 0.25) is 11.8 Å². The van der Waals surface area contributed by atoms with Gasteiger partial charge < -0.3 is 14.7 Å². The number of benzene rings is 1. The zero-order chi connectivity index (χ0) is 24.7. The van der Waals surface area contributed by atoms with Gasteiger partial charge in [0, 0.05) is 57.0 Å². The first-order chi connectivity index (χ1) is 16.9. The van der Waals surface area contributed by atoms with Gasteiger partial charge in [-0.15, -0.1) is 11.3 Å². The highest BCUT2D eigenvalue weighted by Crippen LogP contribution is 2.38. The number of carbonyl (C=O) groups is 4. The number of piperazine rings is 1. The number of carbonyl (C=O) groups excluding carboxylic acids is 4. The van der Waals surface area contributed by atoms with Crippen LogP contribution in [0.15, 0.2) is 35.7 Å². The molecule has 2 fully saturated rings. The minimum Gasteiger partial charge on any atom is -0.371 e. The van der Waals surface area contributed by atoms with E-state index in [1.165, 1.54) is 16.2 Å². The number of anilines is 1. The van der Waals surface area contributed by atoms with E-state index in [4.69, 9.17) is 0 Å². The van der Waals surface area contributed by atoms with Crippen molar-refractivity contribution in [3.63, 3.8) is 0 Å². The number of imide groups is 1. The minimum absolute atomic E-state index is 0.0529. The fourth-order valence-electron chi connectivity index (χ4n) is 5.42. The van der Waals surface area contributed by atoms with Crippen LogP contribution in [-0.4, -0.2) is 77.6 Å². The number of nitrogens with zero attached hydrogens (tertiary/aromatic N) is 4. The Morgan fingerprint density at radius 2 is 1.60 bits per heavy atom. The maximum atomic E-state index is 13.5. The van der Waals surface area contributed by atoms with E-state index in [1.54, 1.807) is 17.9 Å². The van der Waals surface area contributed by atoms with Gasteiger partial charge in [-0.3, -0.25) is 24.1 Å². The molecule has 1 aromatic carbocycles. The quantitative estimate of drug-likeness (QED) is 0.611. The average Bonchev–Trinajstić information content (AvgIpc) is 3.51. The Hall–Kier alpha value is -3.20. The maximum Gasteiger partial charge on any atom is 0.264 e. The zero-order valence-electron chi connectivity index (χ0n) is 20.1. The number of hydrogen-bond donors (Lipinski definition) is 0. The first-order valence-corrected chi connectivity index (χ1v) is 13.1. The summed E-state index contributed by atoms with van der Waals surface area (Å²) >= 11 is 1.54. The molecule has 0 spiro atoms. The fourth-order valence-corrected chi connectivity index (χ4v) is 6.20. The molecule has 9 heteroatoms. The normalized spacial score (nSPS) is 19.8. The molecule has 0 aliphatic carbocycles. The molecule has 4 heterocycles. The molecule has 5 rings (SSSR count). The van der Waals surface area contributed by atoms with Crippen molar-refractivity contribution in [2.45, 2.75) is 32.7 Å². The van der Waals surface area contributed by atoms with Gasteiger partial charge in [0.1, 0.15) is 0 Å². The largest absolute Gasteiger partial charge is 0.371 e. The molecule has 2 saturated heterocycles. The number of piperidine rings is 1. The lowest BCUT2D eigenvalue weighted by Crippen LogP contribution is -2.52. The van der Waals surface area contributed by atoms with Crippen LogP contribution in [0.1, 0.15) is 58.3 Å². The van der Waals surface area contributed by atoms with Crippen molar-refractivity contribution in [3.05, 3.63) is 51.7 Å². The molecular formula is C26H30N4O4S. The van der Waals surface area contributed by atoms with Gasteiger partial charge in [-0.25, -0.2) is 0 Å². The highest BCUT2D eigenvalue weighted by Gasteiger charge is 2.42. The molecule has 1 aromatic heterocycles. The smallest absolute Gasteiger partial charge is 0.264 e. The molecule has 0 bridgehead atoms. The van der Waals surface area contributed by atoms with Gasteiger partial charge in [0.15, 0.2) is 0 Å². The Bertz CT molecular complexity index is 1150. The number of rotatable bonds is 4. The first-order valence-electron chi connectivity index (χ1n) is 12.2. The lowest BCUT2D eigenvalue weighted by molar-refractivity contribution is -0.141. The molecule has 4 amide bonds. The van der Waals surface area contributed by atoms with Crippen LogP contribution in [0.25, 0.3) is 0 Å². The Kier molecular flexibility index (Phi) is 6.35. The summed E-state index contributed by atoms with van der Waals surface area (Å²) in [7, 11) is 0. The number of thiophene rings is 1. The Morgan fingerprint density at radius 3 is 2.23 bits per heavy atom. The third-order valence-electron chi connectivity index (χ3n) is 7.49. The van der Waals surface area contributed by atoms with Crippen molar-refractivity contribution in [1.29, 1.82) is 0 Å². The molecule has 35 heavy (non-hydrogen) atoms. The molecule has 0 saturated carbocycles. The van der Waals surface area contributed by atoms with Crippen molar-refractivity contribution in [1.82, 2.24) is 14.7 Å². The van der Waals surface area contributed by atoms with Crippen LogP contribution in [0.5, 0.6) is 0 Å². The SMILES string of the molecule is CC(=O)N1CCN(C(=O)C2CCN(c3cccc4c3C(=O)N(C(C)c3cccs3)C4=O)CC2)CC1. The predicted molar refractivity (Wildman–Crippen MR) is 133 cm³/mol. The zero-order valence-corrected chi connectivity index (χ0v) is 20.9. The number of hydrogen-bond acceptors (Lipinski definition) is 6. The van der Waals surface area contributed by atoms with Crippen molar-refractivity contribution in [2.24, 2.45) is 5.92 Å². The highest BCUT2D eigenvalue weighted by atomic mass is 32.1. The summed E-state index contributed by atoms with van der Waals surface area (Å²) in [6.07, 6.45) is 1.40. The molecule has 1 unspecified atom stereocenters.